The number of alkyl halides is 3. The van der Waals surface area contributed by atoms with Crippen LogP contribution in [0.5, 0.6) is 0 Å². The summed E-state index contributed by atoms with van der Waals surface area (Å²) in [5, 5.41) is 3.62. The molecule has 1 N–H and O–H groups in total. The lowest BCUT2D eigenvalue weighted by atomic mass is 10.2. The number of halogens is 4. The molecule has 142 valence electrons. The molecule has 2 aromatic heterocycles. The van der Waals surface area contributed by atoms with Gasteiger partial charge in [0.2, 0.25) is 10.0 Å². The molecule has 0 saturated carbocycles. The summed E-state index contributed by atoms with van der Waals surface area (Å²) in [6, 6.07) is 7.77. The first-order chi connectivity index (χ1) is 12.7. The van der Waals surface area contributed by atoms with Crippen molar-refractivity contribution in [2.75, 3.05) is 0 Å². The van der Waals surface area contributed by atoms with Crippen LogP contribution in [-0.2, 0) is 22.7 Å². The van der Waals surface area contributed by atoms with Crippen LogP contribution in [0.2, 0.25) is 5.02 Å². The molecule has 3 rings (SSSR count). The van der Waals surface area contributed by atoms with E-state index in [1.807, 2.05) is 0 Å². The summed E-state index contributed by atoms with van der Waals surface area (Å²) in [5.74, 6) is -0.169. The van der Waals surface area contributed by atoms with Crippen molar-refractivity contribution in [3.05, 3.63) is 59.0 Å². The van der Waals surface area contributed by atoms with E-state index in [9.17, 15) is 21.6 Å². The van der Waals surface area contributed by atoms with E-state index in [4.69, 9.17) is 16.1 Å². The van der Waals surface area contributed by atoms with Crippen molar-refractivity contribution in [3.8, 4) is 11.6 Å². The number of sulfonamides is 1. The van der Waals surface area contributed by atoms with Crippen LogP contribution in [0.4, 0.5) is 13.2 Å². The SMILES string of the molecule is O=S(=O)(NCc1noc(-c2ccc(C(F)(F)F)cn2)n1)c1ccccc1Cl. The predicted octanol–water partition coefficient (Wildman–Crippen LogP) is 3.28. The summed E-state index contributed by atoms with van der Waals surface area (Å²) in [6.07, 6.45) is -3.87. The van der Waals surface area contributed by atoms with Gasteiger partial charge in [0.05, 0.1) is 17.1 Å². The summed E-state index contributed by atoms with van der Waals surface area (Å²) in [4.78, 5) is 7.42. The average Bonchev–Trinajstić information content (AvgIpc) is 3.09. The number of nitrogens with zero attached hydrogens (tertiary/aromatic N) is 3. The highest BCUT2D eigenvalue weighted by molar-refractivity contribution is 7.89. The lowest BCUT2D eigenvalue weighted by Crippen LogP contribution is -2.24. The fraction of sp³-hybridized carbons (Fsp3) is 0.133. The van der Waals surface area contributed by atoms with E-state index in [1.54, 1.807) is 6.07 Å². The first-order valence-corrected chi connectivity index (χ1v) is 9.13. The zero-order chi connectivity index (χ0) is 19.7. The molecule has 7 nitrogen and oxygen atoms in total. The van der Waals surface area contributed by atoms with Crippen LogP contribution in [0.1, 0.15) is 11.4 Å². The Labute approximate surface area is 156 Å². The smallest absolute Gasteiger partial charge is 0.332 e. The minimum Gasteiger partial charge on any atom is -0.332 e. The van der Waals surface area contributed by atoms with Crippen molar-refractivity contribution in [3.63, 3.8) is 0 Å². The van der Waals surface area contributed by atoms with Crippen LogP contribution < -0.4 is 4.72 Å². The second-order valence-electron chi connectivity index (χ2n) is 5.20. The Balaban J connectivity index is 1.72. The second kappa shape index (κ2) is 7.25. The zero-order valence-corrected chi connectivity index (χ0v) is 14.8. The average molecular weight is 419 g/mol. The van der Waals surface area contributed by atoms with Crippen molar-refractivity contribution < 1.29 is 26.1 Å². The molecule has 12 heteroatoms. The quantitative estimate of drug-likeness (QED) is 0.682. The molecule has 0 fully saturated rings. The highest BCUT2D eigenvalue weighted by Crippen LogP contribution is 2.29. The Kier molecular flexibility index (Phi) is 5.18. The maximum Gasteiger partial charge on any atom is 0.417 e. The van der Waals surface area contributed by atoms with E-state index in [1.165, 1.54) is 18.2 Å². The number of benzene rings is 1. The molecule has 0 aliphatic carbocycles. The first kappa shape index (κ1) is 19.3. The van der Waals surface area contributed by atoms with Gasteiger partial charge in [-0.3, -0.25) is 4.98 Å². The zero-order valence-electron chi connectivity index (χ0n) is 13.2. The minimum atomic E-state index is -4.51. The van der Waals surface area contributed by atoms with E-state index in [-0.39, 0.29) is 33.9 Å². The molecular weight excluding hydrogens is 409 g/mol. The van der Waals surface area contributed by atoms with Gasteiger partial charge in [-0.25, -0.2) is 13.1 Å². The topological polar surface area (TPSA) is 98.0 Å². The van der Waals surface area contributed by atoms with Gasteiger partial charge in [0.15, 0.2) is 5.82 Å². The first-order valence-electron chi connectivity index (χ1n) is 7.27. The van der Waals surface area contributed by atoms with Gasteiger partial charge in [-0.05, 0) is 24.3 Å². The van der Waals surface area contributed by atoms with Crippen LogP contribution in [-0.4, -0.2) is 23.5 Å². The molecule has 3 aromatic rings. The molecule has 27 heavy (non-hydrogen) atoms. The van der Waals surface area contributed by atoms with Crippen LogP contribution in [0.3, 0.4) is 0 Å². The summed E-state index contributed by atoms with van der Waals surface area (Å²) < 4.78 is 69.3. The maximum atomic E-state index is 12.5. The lowest BCUT2D eigenvalue weighted by molar-refractivity contribution is -0.137. The molecule has 0 aliphatic rings. The maximum absolute atomic E-state index is 12.5. The third-order valence-corrected chi connectivity index (χ3v) is 5.23. The predicted molar refractivity (Wildman–Crippen MR) is 88.0 cm³/mol. The van der Waals surface area contributed by atoms with E-state index in [0.29, 0.717) is 6.20 Å². The number of pyridine rings is 1. The Morgan fingerprint density at radius 2 is 1.89 bits per heavy atom. The Morgan fingerprint density at radius 1 is 1.15 bits per heavy atom. The minimum absolute atomic E-state index is 0.0238. The van der Waals surface area contributed by atoms with Crippen molar-refractivity contribution >= 4 is 21.6 Å². The Morgan fingerprint density at radius 3 is 2.52 bits per heavy atom. The van der Waals surface area contributed by atoms with Gasteiger partial charge in [-0.1, -0.05) is 28.9 Å². The van der Waals surface area contributed by atoms with E-state index >= 15 is 0 Å². The summed E-state index contributed by atoms with van der Waals surface area (Å²) in [6.45, 7) is -0.308. The third-order valence-electron chi connectivity index (χ3n) is 3.32. The van der Waals surface area contributed by atoms with Crippen LogP contribution >= 0.6 is 11.6 Å². The molecule has 2 heterocycles. The van der Waals surface area contributed by atoms with Crippen molar-refractivity contribution in [1.82, 2.24) is 19.8 Å². The van der Waals surface area contributed by atoms with E-state index < -0.39 is 21.8 Å². The fourth-order valence-electron chi connectivity index (χ4n) is 2.02. The number of aromatic nitrogens is 3. The molecule has 1 aromatic carbocycles. The van der Waals surface area contributed by atoms with Gasteiger partial charge in [0, 0.05) is 6.20 Å². The van der Waals surface area contributed by atoms with Crippen molar-refractivity contribution in [2.24, 2.45) is 0 Å². The van der Waals surface area contributed by atoms with E-state index in [2.05, 4.69) is 19.8 Å². The number of rotatable bonds is 5. The Bertz CT molecular complexity index is 1050. The van der Waals surface area contributed by atoms with Crippen molar-refractivity contribution in [2.45, 2.75) is 17.6 Å². The molecule has 0 bridgehead atoms. The monoisotopic (exact) mass is 418 g/mol. The lowest BCUT2D eigenvalue weighted by Gasteiger charge is -2.06. The normalized spacial score (nSPS) is 12.3. The van der Waals surface area contributed by atoms with E-state index in [0.717, 1.165) is 12.1 Å². The number of hydrogen-bond donors (Lipinski definition) is 1. The highest BCUT2D eigenvalue weighted by atomic mass is 35.5. The summed E-state index contributed by atoms with van der Waals surface area (Å²) in [5.41, 5.74) is -0.894. The van der Waals surface area contributed by atoms with Crippen LogP contribution in [0, 0.1) is 0 Å². The van der Waals surface area contributed by atoms with Gasteiger partial charge >= 0.3 is 6.18 Å². The molecule has 0 radical (unpaired) electrons. The summed E-state index contributed by atoms with van der Waals surface area (Å²) in [7, 11) is -3.91. The number of nitrogens with one attached hydrogen (secondary N) is 1. The molecule has 0 unspecified atom stereocenters. The third kappa shape index (κ3) is 4.43. The number of hydrogen-bond acceptors (Lipinski definition) is 6. The molecule has 0 saturated heterocycles. The highest BCUT2D eigenvalue weighted by Gasteiger charge is 2.31. The van der Waals surface area contributed by atoms with Crippen LogP contribution in [0.25, 0.3) is 11.6 Å². The van der Waals surface area contributed by atoms with Gasteiger partial charge < -0.3 is 4.52 Å². The van der Waals surface area contributed by atoms with Gasteiger partial charge in [0.1, 0.15) is 10.6 Å². The molecule has 0 atom stereocenters. The van der Waals surface area contributed by atoms with Crippen LogP contribution in [0.15, 0.2) is 52.0 Å². The molecule has 0 aliphatic heterocycles. The van der Waals surface area contributed by atoms with Crippen molar-refractivity contribution in [1.29, 1.82) is 0 Å². The summed E-state index contributed by atoms with van der Waals surface area (Å²) >= 11 is 5.86. The van der Waals surface area contributed by atoms with Gasteiger partial charge in [-0.2, -0.15) is 18.2 Å². The second-order valence-corrected chi connectivity index (χ2v) is 7.34. The Hall–Kier alpha value is -2.50. The van der Waals surface area contributed by atoms with Gasteiger partial charge in [0.25, 0.3) is 5.89 Å². The molecular formula is C15H10ClF3N4O3S. The molecule has 0 spiro atoms. The molecule has 0 amide bonds. The fourth-order valence-corrected chi connectivity index (χ4v) is 3.52. The largest absolute Gasteiger partial charge is 0.417 e. The van der Waals surface area contributed by atoms with Gasteiger partial charge in [-0.15, -0.1) is 0 Å². The standard InChI is InChI=1S/C15H10ClF3N4O3S/c16-10-3-1-2-4-12(10)27(24,25)21-8-13-22-14(26-23-13)11-6-5-9(7-20-11)15(17,18)19/h1-7,21H,8H2.